The van der Waals surface area contributed by atoms with Gasteiger partial charge in [0.2, 0.25) is 0 Å². The predicted molar refractivity (Wildman–Crippen MR) is 249 cm³/mol. The normalized spacial score (nSPS) is 11.7. The van der Waals surface area contributed by atoms with E-state index in [1.807, 2.05) is 6.07 Å². The quantitative estimate of drug-likeness (QED) is 0.169. The maximum Gasteiger partial charge on any atom is 0.160 e. The highest BCUT2D eigenvalue weighted by molar-refractivity contribution is 6.23. The molecule has 0 aliphatic rings. The highest BCUT2D eigenvalue weighted by Crippen LogP contribution is 2.47. The smallest absolute Gasteiger partial charge is 0.160 e. The zero-order valence-electron chi connectivity index (χ0n) is 32.1. The predicted octanol–water partition coefficient (Wildman–Crippen LogP) is 15.8. The molecule has 0 aliphatic carbocycles. The van der Waals surface area contributed by atoms with Crippen molar-refractivity contribution in [2.45, 2.75) is 0 Å². The summed E-state index contributed by atoms with van der Waals surface area (Å²) < 4.78 is 9.15. The van der Waals surface area contributed by atoms with Gasteiger partial charge in [-0.05, 0) is 99.1 Å². The molecule has 0 bridgehead atoms. The van der Waals surface area contributed by atoms with Crippen molar-refractivity contribution >= 4 is 82.4 Å². The number of fused-ring (bicyclic) bond motifs is 9. The van der Waals surface area contributed by atoms with Crippen LogP contribution in [-0.4, -0.2) is 4.57 Å². The molecular formula is C56H36N2O. The summed E-state index contributed by atoms with van der Waals surface area (Å²) in [6, 6.07) is 78.6. The fourth-order valence-corrected chi connectivity index (χ4v) is 9.20. The van der Waals surface area contributed by atoms with Gasteiger partial charge in [0.15, 0.2) is 5.58 Å². The molecular weight excluding hydrogens is 717 g/mol. The Labute approximate surface area is 341 Å². The maximum atomic E-state index is 6.79. The van der Waals surface area contributed by atoms with Crippen LogP contribution in [0.1, 0.15) is 0 Å². The van der Waals surface area contributed by atoms with Crippen LogP contribution in [0, 0.1) is 0 Å². The first-order valence-electron chi connectivity index (χ1n) is 20.2. The lowest BCUT2D eigenvalue weighted by atomic mass is 9.98. The number of benzene rings is 10. The highest BCUT2D eigenvalue weighted by Gasteiger charge is 2.23. The van der Waals surface area contributed by atoms with Crippen LogP contribution in [0.3, 0.4) is 0 Å². The second kappa shape index (κ2) is 13.4. The number of rotatable bonds is 6. The van der Waals surface area contributed by atoms with Gasteiger partial charge in [-0.3, -0.25) is 0 Å². The Balaban J connectivity index is 0.954. The average molecular weight is 753 g/mol. The van der Waals surface area contributed by atoms with E-state index in [2.05, 4.69) is 222 Å². The van der Waals surface area contributed by atoms with Gasteiger partial charge < -0.3 is 13.9 Å². The van der Waals surface area contributed by atoms with Gasteiger partial charge >= 0.3 is 0 Å². The Hall–Kier alpha value is -7.88. The average Bonchev–Trinajstić information content (AvgIpc) is 3.86. The van der Waals surface area contributed by atoms with Gasteiger partial charge in [-0.1, -0.05) is 158 Å². The minimum absolute atomic E-state index is 0.875. The summed E-state index contributed by atoms with van der Waals surface area (Å²) >= 11 is 0. The number of para-hydroxylation sites is 3. The Morgan fingerprint density at radius 1 is 0.356 bits per heavy atom. The zero-order valence-corrected chi connectivity index (χ0v) is 32.1. The van der Waals surface area contributed by atoms with E-state index in [1.165, 1.54) is 65.7 Å². The summed E-state index contributed by atoms with van der Waals surface area (Å²) in [5, 5.41) is 9.49. The first-order chi connectivity index (χ1) is 29.3. The molecule has 276 valence electrons. The molecule has 0 fully saturated rings. The number of furan rings is 1. The van der Waals surface area contributed by atoms with Crippen LogP contribution >= 0.6 is 0 Å². The molecule has 0 saturated heterocycles. The second-order valence-electron chi connectivity index (χ2n) is 15.3. The molecule has 2 heterocycles. The SMILES string of the molecule is c1ccc(-n2c3ccccc3c3cc(-c4ccc(-c5ccc(N(c6cccc7ccccc67)c6cc7ccccc7c7c6oc6ccccc67)cc5)cc4)ccc32)cc1. The van der Waals surface area contributed by atoms with Gasteiger partial charge in [-0.2, -0.15) is 0 Å². The largest absolute Gasteiger partial charge is 0.454 e. The Morgan fingerprint density at radius 2 is 0.932 bits per heavy atom. The molecule has 2 aromatic heterocycles. The van der Waals surface area contributed by atoms with Crippen molar-refractivity contribution in [3.05, 3.63) is 218 Å². The summed E-state index contributed by atoms with van der Waals surface area (Å²) in [5.41, 5.74) is 13.2. The van der Waals surface area contributed by atoms with Crippen molar-refractivity contribution in [1.29, 1.82) is 0 Å². The molecule has 0 saturated carbocycles. The van der Waals surface area contributed by atoms with Crippen molar-refractivity contribution in [3.63, 3.8) is 0 Å². The highest BCUT2D eigenvalue weighted by atomic mass is 16.3. The van der Waals surface area contributed by atoms with Crippen LogP contribution < -0.4 is 4.90 Å². The van der Waals surface area contributed by atoms with Crippen LogP contribution in [-0.2, 0) is 0 Å². The van der Waals surface area contributed by atoms with Crippen molar-refractivity contribution in [2.75, 3.05) is 4.90 Å². The molecule has 12 aromatic rings. The summed E-state index contributed by atoms with van der Waals surface area (Å²) in [5.74, 6) is 0. The van der Waals surface area contributed by atoms with E-state index in [4.69, 9.17) is 4.42 Å². The lowest BCUT2D eigenvalue weighted by molar-refractivity contribution is 0.669. The number of anilines is 3. The summed E-state index contributed by atoms with van der Waals surface area (Å²) in [6.45, 7) is 0. The standard InChI is InChI=1S/C56H36N2O/c1-2-16-43(17-3-1)57-51-22-10-8-20-47(51)49-35-41(31-34-52(49)57)39-27-25-37(26-28-39)38-29-32-44(33-30-38)58(50-23-12-15-40-13-4-6-18-45(40)50)53-36-42-14-5-7-19-46(42)55-48-21-9-11-24-54(48)59-56(53)55/h1-36H. The lowest BCUT2D eigenvalue weighted by Gasteiger charge is -2.27. The van der Waals surface area contributed by atoms with Crippen molar-refractivity contribution < 1.29 is 4.42 Å². The Bertz CT molecular complexity index is 3540. The van der Waals surface area contributed by atoms with E-state index in [9.17, 15) is 0 Å². The molecule has 10 aromatic carbocycles. The van der Waals surface area contributed by atoms with Crippen LogP contribution in [0.4, 0.5) is 17.1 Å². The summed E-state index contributed by atoms with van der Waals surface area (Å²) in [4.78, 5) is 2.37. The van der Waals surface area contributed by atoms with Crippen LogP contribution in [0.2, 0.25) is 0 Å². The number of nitrogens with zero attached hydrogens (tertiary/aromatic N) is 2. The van der Waals surface area contributed by atoms with E-state index >= 15 is 0 Å². The molecule has 0 spiro atoms. The second-order valence-corrected chi connectivity index (χ2v) is 15.3. The molecule has 0 radical (unpaired) electrons. The first-order valence-corrected chi connectivity index (χ1v) is 20.2. The molecule has 0 aliphatic heterocycles. The zero-order chi connectivity index (χ0) is 38.9. The Morgan fingerprint density at radius 3 is 1.73 bits per heavy atom. The maximum absolute atomic E-state index is 6.79. The van der Waals surface area contributed by atoms with Crippen LogP contribution in [0.25, 0.3) is 93.2 Å². The van der Waals surface area contributed by atoms with E-state index in [0.717, 1.165) is 44.6 Å². The minimum Gasteiger partial charge on any atom is -0.454 e. The van der Waals surface area contributed by atoms with Gasteiger partial charge in [0.05, 0.1) is 22.4 Å². The molecule has 0 N–H and O–H groups in total. The number of aromatic nitrogens is 1. The van der Waals surface area contributed by atoms with Crippen LogP contribution in [0.5, 0.6) is 0 Å². The fraction of sp³-hybridized carbons (Fsp3) is 0. The molecule has 0 amide bonds. The van der Waals surface area contributed by atoms with Gasteiger partial charge in [0.25, 0.3) is 0 Å². The topological polar surface area (TPSA) is 21.3 Å². The van der Waals surface area contributed by atoms with Gasteiger partial charge in [-0.25, -0.2) is 0 Å². The van der Waals surface area contributed by atoms with E-state index < -0.39 is 0 Å². The van der Waals surface area contributed by atoms with Crippen molar-refractivity contribution in [2.24, 2.45) is 0 Å². The molecule has 59 heavy (non-hydrogen) atoms. The van der Waals surface area contributed by atoms with Gasteiger partial charge in [0.1, 0.15) is 5.58 Å². The summed E-state index contributed by atoms with van der Waals surface area (Å²) in [7, 11) is 0. The molecule has 0 unspecified atom stereocenters. The third kappa shape index (κ3) is 5.36. The van der Waals surface area contributed by atoms with E-state index in [0.29, 0.717) is 0 Å². The lowest BCUT2D eigenvalue weighted by Crippen LogP contribution is -2.11. The summed E-state index contributed by atoms with van der Waals surface area (Å²) in [6.07, 6.45) is 0. The van der Waals surface area contributed by atoms with Crippen molar-refractivity contribution in [1.82, 2.24) is 4.57 Å². The molecule has 12 rings (SSSR count). The van der Waals surface area contributed by atoms with Crippen LogP contribution in [0.15, 0.2) is 223 Å². The van der Waals surface area contributed by atoms with Gasteiger partial charge in [-0.15, -0.1) is 0 Å². The number of hydrogen-bond acceptors (Lipinski definition) is 2. The fourth-order valence-electron chi connectivity index (χ4n) is 9.20. The van der Waals surface area contributed by atoms with E-state index in [1.54, 1.807) is 0 Å². The molecule has 3 heteroatoms. The third-order valence-corrected chi connectivity index (χ3v) is 12.0. The van der Waals surface area contributed by atoms with Crippen molar-refractivity contribution in [3.8, 4) is 27.9 Å². The molecule has 3 nitrogen and oxygen atoms in total. The molecule has 0 atom stereocenters. The third-order valence-electron chi connectivity index (χ3n) is 12.0. The van der Waals surface area contributed by atoms with E-state index in [-0.39, 0.29) is 0 Å². The Kier molecular flexibility index (Phi) is 7.54. The monoisotopic (exact) mass is 752 g/mol. The first kappa shape index (κ1) is 33.3. The number of hydrogen-bond donors (Lipinski definition) is 0. The van der Waals surface area contributed by atoms with Gasteiger partial charge in [0, 0.05) is 38.3 Å². The minimum atomic E-state index is 0.875.